The van der Waals surface area contributed by atoms with E-state index in [-0.39, 0.29) is 6.61 Å². The first kappa shape index (κ1) is 18.6. The molecule has 0 aromatic carbocycles. The van der Waals surface area contributed by atoms with E-state index in [0.717, 1.165) is 0 Å². The minimum atomic E-state index is -2.62. The number of hydrogen-bond donors (Lipinski definition) is 1. The normalized spacial score (nSPS) is 11.6. The lowest BCUT2D eigenvalue weighted by Gasteiger charge is -2.24. The van der Waals surface area contributed by atoms with Gasteiger partial charge in [-0.15, -0.1) is 0 Å². The molecule has 0 aliphatic heterocycles. The number of nitrogens with one attached hydrogen (secondary N) is 1. The molecule has 0 saturated heterocycles. The van der Waals surface area contributed by atoms with Crippen molar-refractivity contribution >= 4 is 20.9 Å². The van der Waals surface area contributed by atoms with E-state index in [9.17, 15) is 9.59 Å². The predicted molar refractivity (Wildman–Crippen MR) is 71.5 cm³/mol. The van der Waals surface area contributed by atoms with Crippen molar-refractivity contribution in [1.82, 2.24) is 5.32 Å². The quantitative estimate of drug-likeness (QED) is 0.414. The summed E-state index contributed by atoms with van der Waals surface area (Å²) in [6.45, 7) is 2.15. The third-order valence-electron chi connectivity index (χ3n) is 2.36. The molecule has 0 aromatic heterocycles. The van der Waals surface area contributed by atoms with Crippen LogP contribution in [-0.4, -0.2) is 55.4 Å². The van der Waals surface area contributed by atoms with Crippen LogP contribution in [0.1, 0.15) is 13.3 Å². The molecule has 0 bridgehead atoms. The van der Waals surface area contributed by atoms with Gasteiger partial charge in [-0.1, -0.05) is 10.2 Å². The summed E-state index contributed by atoms with van der Waals surface area (Å²) in [6.07, 6.45) is -0.310. The first-order valence-corrected chi connectivity index (χ1v) is 7.98. The van der Waals surface area contributed by atoms with Crippen molar-refractivity contribution in [2.75, 3.05) is 34.5 Å². The van der Waals surface area contributed by atoms with Gasteiger partial charge in [-0.2, -0.15) is 0 Å². The fourth-order valence-electron chi connectivity index (χ4n) is 1.33. The molecule has 0 atom stereocenters. The zero-order valence-corrected chi connectivity index (χ0v) is 13.2. The number of urea groups is 1. The summed E-state index contributed by atoms with van der Waals surface area (Å²) < 4.78 is 20.2. The highest BCUT2D eigenvalue weighted by atomic mass is 28.4. The Morgan fingerprint density at radius 1 is 1.10 bits per heavy atom. The Balaban J connectivity index is 3.95. The number of rotatable bonds is 8. The van der Waals surface area contributed by atoms with Gasteiger partial charge in [-0.3, -0.25) is 0 Å². The lowest BCUT2D eigenvalue weighted by atomic mass is 10.5. The van der Waals surface area contributed by atoms with Gasteiger partial charge in [0, 0.05) is 33.9 Å². The van der Waals surface area contributed by atoms with E-state index in [1.165, 1.54) is 21.3 Å². The minimum absolute atomic E-state index is 0.178. The lowest BCUT2D eigenvalue weighted by Crippen LogP contribution is -2.43. The molecule has 10 heteroatoms. The number of carbonyl (C=O) groups excluding carboxylic acids is 2. The van der Waals surface area contributed by atoms with Gasteiger partial charge in [0.25, 0.3) is 0 Å². The Kier molecular flexibility index (Phi) is 9.72. The van der Waals surface area contributed by atoms with Crippen LogP contribution >= 0.6 is 0 Å². The molecule has 0 unspecified atom stereocenters. The molecule has 0 radical (unpaired) electrons. The van der Waals surface area contributed by atoms with E-state index in [2.05, 4.69) is 20.3 Å². The van der Waals surface area contributed by atoms with Crippen LogP contribution in [0.25, 0.3) is 0 Å². The standard InChI is InChI=1S/C10H21N3O6Si/c1-5-19-10(15)13-12-9(14)11-7-6-8-20(16-2,17-3)18-4/h5-8H2,1-4H3,(H,11,14)/b13-12+. The molecule has 0 rings (SSSR count). The van der Waals surface area contributed by atoms with Crippen molar-refractivity contribution < 1.29 is 27.6 Å². The zero-order valence-electron chi connectivity index (χ0n) is 12.2. The number of ether oxygens (including phenoxy) is 1. The van der Waals surface area contributed by atoms with Crippen molar-refractivity contribution in [1.29, 1.82) is 0 Å². The second-order valence-electron chi connectivity index (χ2n) is 3.53. The summed E-state index contributed by atoms with van der Waals surface area (Å²) in [5.74, 6) is 0. The highest BCUT2D eigenvalue weighted by Gasteiger charge is 2.36. The first-order chi connectivity index (χ1) is 9.53. The van der Waals surface area contributed by atoms with Gasteiger partial charge in [0.1, 0.15) is 0 Å². The molecule has 0 saturated carbocycles. The third-order valence-corrected chi connectivity index (χ3v) is 5.19. The van der Waals surface area contributed by atoms with E-state index >= 15 is 0 Å². The molecule has 0 aliphatic carbocycles. The predicted octanol–water partition coefficient (Wildman–Crippen LogP) is 1.57. The zero-order chi connectivity index (χ0) is 15.4. The van der Waals surface area contributed by atoms with Gasteiger partial charge in [0.05, 0.1) is 6.61 Å². The number of hydrogen-bond acceptors (Lipinski definition) is 6. The van der Waals surface area contributed by atoms with Gasteiger partial charge in [0.15, 0.2) is 0 Å². The summed E-state index contributed by atoms with van der Waals surface area (Å²) in [7, 11) is 1.94. The molecule has 0 spiro atoms. The molecule has 9 nitrogen and oxygen atoms in total. The maximum atomic E-state index is 11.2. The molecule has 116 valence electrons. The van der Waals surface area contributed by atoms with Gasteiger partial charge in [-0.05, 0) is 13.3 Å². The molecule has 1 N–H and O–H groups in total. The van der Waals surface area contributed by atoms with Crippen molar-refractivity contribution in [3.05, 3.63) is 0 Å². The molecule has 0 aliphatic rings. The minimum Gasteiger partial charge on any atom is -0.447 e. The van der Waals surface area contributed by atoms with Crippen LogP contribution in [0.5, 0.6) is 0 Å². The van der Waals surface area contributed by atoms with E-state index in [1.807, 2.05) is 0 Å². The summed E-state index contributed by atoms with van der Waals surface area (Å²) in [6, 6.07) is -0.163. The Morgan fingerprint density at radius 2 is 1.70 bits per heavy atom. The van der Waals surface area contributed by atoms with Gasteiger partial charge < -0.3 is 23.3 Å². The Bertz CT molecular complexity index is 327. The van der Waals surface area contributed by atoms with Crippen LogP contribution in [0.3, 0.4) is 0 Å². The molecule has 3 amide bonds. The highest BCUT2D eigenvalue weighted by molar-refractivity contribution is 6.60. The summed E-state index contributed by atoms with van der Waals surface area (Å²) in [5.41, 5.74) is 0. The van der Waals surface area contributed by atoms with Gasteiger partial charge in [-0.25, -0.2) is 9.59 Å². The number of nitrogens with zero attached hydrogens (tertiary/aromatic N) is 2. The average molecular weight is 307 g/mol. The molecular formula is C10H21N3O6Si. The van der Waals surface area contributed by atoms with Gasteiger partial charge >= 0.3 is 20.9 Å². The molecule has 0 fully saturated rings. The third kappa shape index (κ3) is 7.28. The Morgan fingerprint density at radius 3 is 2.20 bits per heavy atom. The van der Waals surface area contributed by atoms with Crippen molar-refractivity contribution in [3.63, 3.8) is 0 Å². The molecule has 20 heavy (non-hydrogen) atoms. The van der Waals surface area contributed by atoms with Crippen LogP contribution in [-0.2, 0) is 18.0 Å². The summed E-state index contributed by atoms with van der Waals surface area (Å²) >= 11 is 0. The number of azo groups is 1. The summed E-state index contributed by atoms with van der Waals surface area (Å²) in [4.78, 5) is 22.0. The fourth-order valence-corrected chi connectivity index (χ4v) is 3.05. The van der Waals surface area contributed by atoms with Crippen LogP contribution in [0.15, 0.2) is 10.2 Å². The van der Waals surface area contributed by atoms with Crippen LogP contribution < -0.4 is 5.32 Å². The average Bonchev–Trinajstić information content (AvgIpc) is 2.46. The van der Waals surface area contributed by atoms with Crippen LogP contribution in [0, 0.1) is 0 Å². The fraction of sp³-hybridized carbons (Fsp3) is 0.800. The van der Waals surface area contributed by atoms with Crippen LogP contribution in [0.4, 0.5) is 9.59 Å². The Hall–Kier alpha value is -1.36. The number of amides is 3. The van der Waals surface area contributed by atoms with E-state index in [1.54, 1.807) is 6.92 Å². The maximum absolute atomic E-state index is 11.2. The molecule has 0 heterocycles. The maximum Gasteiger partial charge on any atom is 0.500 e. The molecule has 0 aromatic rings. The van der Waals surface area contributed by atoms with Gasteiger partial charge in [0.2, 0.25) is 0 Å². The van der Waals surface area contributed by atoms with E-state index in [0.29, 0.717) is 19.0 Å². The van der Waals surface area contributed by atoms with Crippen molar-refractivity contribution in [3.8, 4) is 0 Å². The summed E-state index contributed by atoms with van der Waals surface area (Å²) in [5, 5.41) is 8.70. The topological polar surface area (TPSA) is 108 Å². The van der Waals surface area contributed by atoms with Crippen molar-refractivity contribution in [2.45, 2.75) is 19.4 Å². The SMILES string of the molecule is CCOC(=O)/N=N/C(=O)NCCC[Si](OC)(OC)OC. The largest absolute Gasteiger partial charge is 0.500 e. The molecular weight excluding hydrogens is 286 g/mol. The monoisotopic (exact) mass is 307 g/mol. The number of carbonyl (C=O) groups is 2. The first-order valence-electron chi connectivity index (χ1n) is 6.05. The smallest absolute Gasteiger partial charge is 0.447 e. The van der Waals surface area contributed by atoms with Crippen LogP contribution in [0.2, 0.25) is 6.04 Å². The van der Waals surface area contributed by atoms with E-state index in [4.69, 9.17) is 13.3 Å². The lowest BCUT2D eigenvalue weighted by molar-refractivity contribution is 0.123. The second kappa shape index (κ2) is 10.4. The van der Waals surface area contributed by atoms with Crippen molar-refractivity contribution in [2.24, 2.45) is 10.2 Å². The van der Waals surface area contributed by atoms with E-state index < -0.39 is 20.9 Å². The Labute approximate surface area is 119 Å². The second-order valence-corrected chi connectivity index (χ2v) is 6.62. The highest BCUT2D eigenvalue weighted by Crippen LogP contribution is 2.14.